The highest BCUT2D eigenvalue weighted by molar-refractivity contribution is 5.76. The number of fused-ring (bicyclic) bond motifs is 1. The van der Waals surface area contributed by atoms with Crippen molar-refractivity contribution in [1.82, 2.24) is 25.1 Å². The van der Waals surface area contributed by atoms with E-state index in [1.54, 1.807) is 12.4 Å². The van der Waals surface area contributed by atoms with Gasteiger partial charge in [-0.25, -0.2) is 4.79 Å². The summed E-state index contributed by atoms with van der Waals surface area (Å²) in [6.07, 6.45) is 11.8. The first-order valence-corrected chi connectivity index (χ1v) is 11.2. The minimum Gasteiger partial charge on any atom is -0.343 e. The van der Waals surface area contributed by atoms with Crippen LogP contribution in [-0.2, 0) is 24.3 Å². The van der Waals surface area contributed by atoms with Gasteiger partial charge >= 0.3 is 6.03 Å². The van der Waals surface area contributed by atoms with Gasteiger partial charge in [0.15, 0.2) is 0 Å². The van der Waals surface area contributed by atoms with Crippen LogP contribution in [0.3, 0.4) is 0 Å². The van der Waals surface area contributed by atoms with Crippen LogP contribution in [0.15, 0.2) is 43.0 Å². The van der Waals surface area contributed by atoms with Crippen molar-refractivity contribution in [2.45, 2.75) is 45.2 Å². The summed E-state index contributed by atoms with van der Waals surface area (Å²) in [6, 6.07) is 5.94. The number of aryl methyl sites for hydroxylation is 1. The van der Waals surface area contributed by atoms with Crippen LogP contribution in [0.25, 0.3) is 0 Å². The average molecular weight is 420 g/mol. The highest BCUT2D eigenvalue weighted by atomic mass is 16.2. The van der Waals surface area contributed by atoms with Crippen molar-refractivity contribution in [3.63, 3.8) is 0 Å². The van der Waals surface area contributed by atoms with E-state index in [1.807, 2.05) is 40.4 Å². The number of pyridine rings is 2. The van der Waals surface area contributed by atoms with E-state index in [2.05, 4.69) is 15.3 Å². The van der Waals surface area contributed by atoms with Crippen LogP contribution >= 0.6 is 0 Å². The molecule has 1 N–H and O–H groups in total. The SMILES string of the molecule is O=C(CCc1cccnc1)N1CCC2(CC1)CC2CNC(=O)N1Cc2ccncc2C1. The molecule has 162 valence electrons. The van der Waals surface area contributed by atoms with Crippen molar-refractivity contribution in [3.05, 3.63) is 59.7 Å². The number of hydrogen-bond acceptors (Lipinski definition) is 4. The number of nitrogens with zero attached hydrogens (tertiary/aromatic N) is 4. The molecule has 1 aliphatic carbocycles. The first-order chi connectivity index (χ1) is 15.1. The number of piperidine rings is 1. The Morgan fingerprint density at radius 1 is 1.03 bits per heavy atom. The fraction of sp³-hybridized carbons (Fsp3) is 0.500. The summed E-state index contributed by atoms with van der Waals surface area (Å²) in [5, 5.41) is 3.15. The quantitative estimate of drug-likeness (QED) is 0.808. The zero-order valence-electron chi connectivity index (χ0n) is 17.8. The van der Waals surface area contributed by atoms with E-state index < -0.39 is 0 Å². The number of aromatic nitrogens is 2. The number of likely N-dealkylation sites (tertiary alicyclic amines) is 1. The van der Waals surface area contributed by atoms with Crippen molar-refractivity contribution in [2.24, 2.45) is 11.3 Å². The standard InChI is InChI=1S/C24H29N5O2/c30-22(4-3-18-2-1-8-25-13-18)28-10-6-24(7-11-28)12-21(24)15-27-23(31)29-16-19-5-9-26-14-20(19)17-29/h1-2,5,8-9,13-14,21H,3-4,6-7,10-12,15-17H2,(H,27,31). The largest absolute Gasteiger partial charge is 0.343 e. The molecule has 0 radical (unpaired) electrons. The summed E-state index contributed by atoms with van der Waals surface area (Å²) in [5.74, 6) is 0.781. The molecular formula is C24H29N5O2. The van der Waals surface area contributed by atoms with E-state index in [0.29, 0.717) is 30.8 Å². The molecular weight excluding hydrogens is 390 g/mol. The molecule has 3 amide bonds. The normalized spacial score (nSPS) is 21.1. The van der Waals surface area contributed by atoms with Crippen LogP contribution in [0, 0.1) is 11.3 Å². The molecule has 0 aromatic carbocycles. The van der Waals surface area contributed by atoms with Crippen molar-refractivity contribution in [1.29, 1.82) is 0 Å². The second-order valence-corrected chi connectivity index (χ2v) is 9.19. The molecule has 1 atom stereocenters. The van der Waals surface area contributed by atoms with Crippen LogP contribution < -0.4 is 5.32 Å². The Labute approximate surface area is 182 Å². The smallest absolute Gasteiger partial charge is 0.318 e. The predicted molar refractivity (Wildman–Crippen MR) is 116 cm³/mol. The third kappa shape index (κ3) is 4.27. The summed E-state index contributed by atoms with van der Waals surface area (Å²) in [5.41, 5.74) is 3.76. The van der Waals surface area contributed by atoms with Gasteiger partial charge in [0.25, 0.3) is 0 Å². The minimum atomic E-state index is 0.0151. The van der Waals surface area contributed by atoms with Crippen LogP contribution in [-0.4, -0.2) is 51.3 Å². The predicted octanol–water partition coefficient (Wildman–Crippen LogP) is 2.76. The van der Waals surface area contributed by atoms with Gasteiger partial charge in [0, 0.05) is 63.9 Å². The fourth-order valence-corrected chi connectivity index (χ4v) is 5.18. The zero-order chi connectivity index (χ0) is 21.3. The lowest BCUT2D eigenvalue weighted by atomic mass is 9.90. The maximum absolute atomic E-state index is 12.6. The Kier molecular flexibility index (Phi) is 5.34. The number of rotatable bonds is 5. The van der Waals surface area contributed by atoms with Crippen molar-refractivity contribution in [3.8, 4) is 0 Å². The number of urea groups is 1. The molecule has 2 aliphatic heterocycles. The maximum Gasteiger partial charge on any atom is 0.318 e. The second-order valence-electron chi connectivity index (χ2n) is 9.19. The number of carbonyl (C=O) groups excluding carboxylic acids is 2. The molecule has 2 fully saturated rings. The Morgan fingerprint density at radius 3 is 2.61 bits per heavy atom. The topological polar surface area (TPSA) is 78.4 Å². The van der Waals surface area contributed by atoms with Crippen LogP contribution in [0.5, 0.6) is 0 Å². The van der Waals surface area contributed by atoms with Gasteiger partial charge in [-0.05, 0) is 65.8 Å². The monoisotopic (exact) mass is 419 g/mol. The Morgan fingerprint density at radius 2 is 1.84 bits per heavy atom. The molecule has 3 aliphatic rings. The Bertz CT molecular complexity index is 930. The van der Waals surface area contributed by atoms with Crippen LogP contribution in [0.2, 0.25) is 0 Å². The maximum atomic E-state index is 12.6. The molecule has 1 unspecified atom stereocenters. The van der Waals surface area contributed by atoms with Crippen molar-refractivity contribution >= 4 is 11.9 Å². The highest BCUT2D eigenvalue weighted by Gasteiger charge is 2.54. The van der Waals surface area contributed by atoms with E-state index in [-0.39, 0.29) is 11.9 Å². The molecule has 7 heteroatoms. The van der Waals surface area contributed by atoms with E-state index in [1.165, 1.54) is 5.56 Å². The van der Waals surface area contributed by atoms with Gasteiger partial charge < -0.3 is 15.1 Å². The highest BCUT2D eigenvalue weighted by Crippen LogP contribution is 2.59. The Hall–Kier alpha value is -2.96. The molecule has 31 heavy (non-hydrogen) atoms. The number of hydrogen-bond donors (Lipinski definition) is 1. The van der Waals surface area contributed by atoms with E-state index in [9.17, 15) is 9.59 Å². The number of amides is 3. The molecule has 4 heterocycles. The van der Waals surface area contributed by atoms with Gasteiger partial charge in [0.2, 0.25) is 5.91 Å². The number of carbonyl (C=O) groups is 2. The third-order valence-corrected chi connectivity index (χ3v) is 7.34. The molecule has 1 spiro atoms. The minimum absolute atomic E-state index is 0.0151. The van der Waals surface area contributed by atoms with E-state index in [0.717, 1.165) is 56.4 Å². The van der Waals surface area contributed by atoms with Gasteiger partial charge in [0.05, 0.1) is 0 Å². The lowest BCUT2D eigenvalue weighted by Gasteiger charge is -2.33. The summed E-state index contributed by atoms with van der Waals surface area (Å²) in [6.45, 7) is 3.71. The molecule has 1 saturated carbocycles. The summed E-state index contributed by atoms with van der Waals surface area (Å²) >= 11 is 0. The average Bonchev–Trinajstić information content (AvgIpc) is 3.28. The lowest BCUT2D eigenvalue weighted by Crippen LogP contribution is -2.41. The van der Waals surface area contributed by atoms with Gasteiger partial charge in [-0.2, -0.15) is 0 Å². The molecule has 0 bridgehead atoms. The summed E-state index contributed by atoms with van der Waals surface area (Å²) < 4.78 is 0. The summed E-state index contributed by atoms with van der Waals surface area (Å²) in [4.78, 5) is 37.3. The van der Waals surface area contributed by atoms with Crippen molar-refractivity contribution in [2.75, 3.05) is 19.6 Å². The van der Waals surface area contributed by atoms with Gasteiger partial charge in [0.1, 0.15) is 0 Å². The third-order valence-electron chi connectivity index (χ3n) is 7.34. The van der Waals surface area contributed by atoms with Crippen LogP contribution in [0.4, 0.5) is 4.79 Å². The molecule has 2 aromatic rings. The van der Waals surface area contributed by atoms with Gasteiger partial charge in [-0.15, -0.1) is 0 Å². The fourth-order valence-electron chi connectivity index (χ4n) is 5.18. The number of nitrogens with one attached hydrogen (secondary N) is 1. The lowest BCUT2D eigenvalue weighted by molar-refractivity contribution is -0.132. The molecule has 1 saturated heterocycles. The molecule has 5 rings (SSSR count). The van der Waals surface area contributed by atoms with Crippen LogP contribution in [0.1, 0.15) is 42.4 Å². The molecule has 7 nitrogen and oxygen atoms in total. The van der Waals surface area contributed by atoms with Gasteiger partial charge in [-0.3, -0.25) is 14.8 Å². The first-order valence-electron chi connectivity index (χ1n) is 11.2. The second kappa shape index (κ2) is 8.29. The zero-order valence-corrected chi connectivity index (χ0v) is 17.8. The van der Waals surface area contributed by atoms with Gasteiger partial charge in [-0.1, -0.05) is 6.07 Å². The first kappa shape index (κ1) is 20.0. The van der Waals surface area contributed by atoms with E-state index >= 15 is 0 Å². The van der Waals surface area contributed by atoms with Crippen molar-refractivity contribution < 1.29 is 9.59 Å². The van der Waals surface area contributed by atoms with E-state index in [4.69, 9.17) is 0 Å². The Balaban J connectivity index is 1.04. The summed E-state index contributed by atoms with van der Waals surface area (Å²) in [7, 11) is 0. The molecule has 2 aromatic heterocycles.